The van der Waals surface area contributed by atoms with Crippen LogP contribution in [-0.2, 0) is 6.42 Å². The third kappa shape index (κ3) is 4.91. The number of guanidine groups is 1. The van der Waals surface area contributed by atoms with Crippen molar-refractivity contribution in [1.29, 1.82) is 0 Å². The summed E-state index contributed by atoms with van der Waals surface area (Å²) < 4.78 is 0. The van der Waals surface area contributed by atoms with Crippen LogP contribution in [0.3, 0.4) is 0 Å². The number of aliphatic imine (C=N–C) groups is 1. The van der Waals surface area contributed by atoms with Crippen LogP contribution in [0.1, 0.15) is 37.7 Å². The number of hydrogen-bond donors (Lipinski definition) is 3. The fourth-order valence-electron chi connectivity index (χ4n) is 2.52. The number of rotatable bonds is 5. The summed E-state index contributed by atoms with van der Waals surface area (Å²) in [7, 11) is 0. The summed E-state index contributed by atoms with van der Waals surface area (Å²) in [6, 6.07) is 11.1. The van der Waals surface area contributed by atoms with E-state index in [9.17, 15) is 0 Å². The normalized spacial score (nSPS) is 16.6. The predicted octanol–water partition coefficient (Wildman–Crippen LogP) is 1.97. The molecule has 1 aromatic carbocycles. The molecule has 0 unspecified atom stereocenters. The summed E-state index contributed by atoms with van der Waals surface area (Å²) in [5, 5.41) is 3.38. The van der Waals surface area contributed by atoms with E-state index < -0.39 is 0 Å². The van der Waals surface area contributed by atoms with E-state index in [-0.39, 0.29) is 0 Å². The van der Waals surface area contributed by atoms with Gasteiger partial charge in [-0.3, -0.25) is 10.4 Å². The first-order chi connectivity index (χ1) is 9.38. The maximum Gasteiger partial charge on any atom is 0.205 e. The first-order valence-corrected chi connectivity index (χ1v) is 7.20. The molecule has 0 radical (unpaired) electrons. The van der Waals surface area contributed by atoms with E-state index in [1.54, 1.807) is 0 Å². The maximum absolute atomic E-state index is 5.50. The van der Waals surface area contributed by atoms with Gasteiger partial charge in [-0.25, -0.2) is 5.84 Å². The molecule has 2 rings (SSSR count). The first-order valence-electron chi connectivity index (χ1n) is 7.20. The summed E-state index contributed by atoms with van der Waals surface area (Å²) in [6.45, 7) is 0.800. The Morgan fingerprint density at radius 1 is 1.21 bits per heavy atom. The van der Waals surface area contributed by atoms with Crippen LogP contribution in [0.15, 0.2) is 35.3 Å². The third-order valence-electron chi connectivity index (χ3n) is 3.57. The highest BCUT2D eigenvalue weighted by Crippen LogP contribution is 2.17. The molecule has 1 aliphatic carbocycles. The van der Waals surface area contributed by atoms with E-state index >= 15 is 0 Å². The summed E-state index contributed by atoms with van der Waals surface area (Å²) in [6.07, 6.45) is 7.18. The van der Waals surface area contributed by atoms with E-state index in [1.165, 1.54) is 31.2 Å². The first kappa shape index (κ1) is 13.9. The number of nitrogens with two attached hydrogens (primary N) is 1. The van der Waals surface area contributed by atoms with Gasteiger partial charge in [0, 0.05) is 12.6 Å². The van der Waals surface area contributed by atoms with Crippen LogP contribution in [-0.4, -0.2) is 18.5 Å². The van der Waals surface area contributed by atoms with Gasteiger partial charge >= 0.3 is 0 Å². The van der Waals surface area contributed by atoms with Crippen LogP contribution in [0.5, 0.6) is 0 Å². The molecule has 0 atom stereocenters. The highest BCUT2D eigenvalue weighted by Gasteiger charge is 2.15. The molecule has 0 aromatic heterocycles. The Kier molecular flexibility index (Phi) is 5.69. The van der Waals surface area contributed by atoms with Crippen molar-refractivity contribution in [3.05, 3.63) is 35.9 Å². The molecule has 104 valence electrons. The second-order valence-corrected chi connectivity index (χ2v) is 5.09. The van der Waals surface area contributed by atoms with Gasteiger partial charge in [-0.2, -0.15) is 0 Å². The van der Waals surface area contributed by atoms with Gasteiger partial charge in [-0.1, -0.05) is 43.2 Å². The molecule has 19 heavy (non-hydrogen) atoms. The number of hydrogen-bond acceptors (Lipinski definition) is 2. The van der Waals surface area contributed by atoms with Crippen LogP contribution in [0.2, 0.25) is 0 Å². The Hall–Kier alpha value is -1.55. The van der Waals surface area contributed by atoms with Crippen LogP contribution in [0.4, 0.5) is 0 Å². The van der Waals surface area contributed by atoms with E-state index in [0.717, 1.165) is 25.3 Å². The van der Waals surface area contributed by atoms with Crippen molar-refractivity contribution in [2.75, 3.05) is 6.54 Å². The molecule has 0 spiro atoms. The minimum Gasteiger partial charge on any atom is -0.353 e. The van der Waals surface area contributed by atoms with Gasteiger partial charge in [0.2, 0.25) is 5.96 Å². The molecular formula is C15H24N4. The minimum absolute atomic E-state index is 0.545. The fourth-order valence-corrected chi connectivity index (χ4v) is 2.52. The maximum atomic E-state index is 5.50. The SMILES string of the molecule is NNC(=NCCCc1ccccc1)NC1CCCC1. The quantitative estimate of drug-likeness (QED) is 0.249. The second-order valence-electron chi connectivity index (χ2n) is 5.09. The summed E-state index contributed by atoms with van der Waals surface area (Å²) in [5.74, 6) is 6.24. The molecule has 0 saturated heterocycles. The van der Waals surface area contributed by atoms with Crippen molar-refractivity contribution < 1.29 is 0 Å². The smallest absolute Gasteiger partial charge is 0.205 e. The zero-order chi connectivity index (χ0) is 13.3. The molecule has 1 fully saturated rings. The van der Waals surface area contributed by atoms with Crippen molar-refractivity contribution in [3.8, 4) is 0 Å². The highest BCUT2D eigenvalue weighted by atomic mass is 15.3. The van der Waals surface area contributed by atoms with Crippen LogP contribution >= 0.6 is 0 Å². The van der Waals surface area contributed by atoms with Gasteiger partial charge in [0.05, 0.1) is 0 Å². The van der Waals surface area contributed by atoms with E-state index in [1.807, 2.05) is 6.07 Å². The molecular weight excluding hydrogens is 236 g/mol. The average Bonchev–Trinajstić information content (AvgIpc) is 2.96. The van der Waals surface area contributed by atoms with Gasteiger partial charge in [-0.15, -0.1) is 0 Å². The lowest BCUT2D eigenvalue weighted by Gasteiger charge is -2.14. The average molecular weight is 260 g/mol. The van der Waals surface area contributed by atoms with Gasteiger partial charge in [0.25, 0.3) is 0 Å². The Morgan fingerprint density at radius 3 is 2.63 bits per heavy atom. The second kappa shape index (κ2) is 7.79. The summed E-state index contributed by atoms with van der Waals surface area (Å²) in [4.78, 5) is 4.49. The molecule has 4 heteroatoms. The lowest BCUT2D eigenvalue weighted by Crippen LogP contribution is -2.45. The van der Waals surface area contributed by atoms with Gasteiger partial charge in [-0.05, 0) is 31.2 Å². The standard InChI is InChI=1S/C15H24N4/c16-19-15(18-14-10-4-5-11-14)17-12-6-9-13-7-2-1-3-8-13/h1-3,7-8,14H,4-6,9-12,16H2,(H2,17,18,19). The summed E-state index contributed by atoms with van der Waals surface area (Å²) in [5.41, 5.74) is 4.03. The van der Waals surface area contributed by atoms with Crippen molar-refractivity contribution in [3.63, 3.8) is 0 Å². The fraction of sp³-hybridized carbons (Fsp3) is 0.533. The third-order valence-corrected chi connectivity index (χ3v) is 3.57. The lowest BCUT2D eigenvalue weighted by atomic mass is 10.1. The van der Waals surface area contributed by atoms with E-state index in [4.69, 9.17) is 5.84 Å². The van der Waals surface area contributed by atoms with E-state index in [0.29, 0.717) is 6.04 Å². The molecule has 0 amide bonds. The van der Waals surface area contributed by atoms with Crippen LogP contribution in [0.25, 0.3) is 0 Å². The molecule has 0 heterocycles. The monoisotopic (exact) mass is 260 g/mol. The minimum atomic E-state index is 0.545. The van der Waals surface area contributed by atoms with Gasteiger partial charge < -0.3 is 5.32 Å². The Bertz CT molecular complexity index is 382. The largest absolute Gasteiger partial charge is 0.353 e. The van der Waals surface area contributed by atoms with Gasteiger partial charge in [0.15, 0.2) is 0 Å². The van der Waals surface area contributed by atoms with Crippen molar-refractivity contribution in [2.45, 2.75) is 44.6 Å². The van der Waals surface area contributed by atoms with Crippen molar-refractivity contribution >= 4 is 5.96 Å². The van der Waals surface area contributed by atoms with Gasteiger partial charge in [0.1, 0.15) is 0 Å². The Labute approximate surface area is 115 Å². The molecule has 1 saturated carbocycles. The van der Waals surface area contributed by atoms with E-state index in [2.05, 4.69) is 40.0 Å². The van der Waals surface area contributed by atoms with Crippen LogP contribution < -0.4 is 16.6 Å². The van der Waals surface area contributed by atoms with Crippen molar-refractivity contribution in [1.82, 2.24) is 10.7 Å². The number of nitrogens with one attached hydrogen (secondary N) is 2. The molecule has 4 N–H and O–H groups in total. The lowest BCUT2D eigenvalue weighted by molar-refractivity contribution is 0.613. The Balaban J connectivity index is 1.70. The zero-order valence-corrected chi connectivity index (χ0v) is 11.4. The number of nitrogens with zero attached hydrogens (tertiary/aromatic N) is 1. The molecule has 0 bridgehead atoms. The number of benzene rings is 1. The number of hydrazine groups is 1. The highest BCUT2D eigenvalue weighted by molar-refractivity contribution is 5.79. The van der Waals surface area contributed by atoms with Crippen LogP contribution in [0, 0.1) is 0 Å². The molecule has 0 aliphatic heterocycles. The summed E-state index contributed by atoms with van der Waals surface area (Å²) >= 11 is 0. The zero-order valence-electron chi connectivity index (χ0n) is 11.4. The number of aryl methyl sites for hydroxylation is 1. The molecule has 1 aromatic rings. The van der Waals surface area contributed by atoms with Crippen molar-refractivity contribution in [2.24, 2.45) is 10.8 Å². The Morgan fingerprint density at radius 2 is 1.95 bits per heavy atom. The predicted molar refractivity (Wildman–Crippen MR) is 79.8 cm³/mol. The molecule has 1 aliphatic rings. The molecule has 4 nitrogen and oxygen atoms in total. The topological polar surface area (TPSA) is 62.4 Å².